The van der Waals surface area contributed by atoms with Gasteiger partial charge in [0.15, 0.2) is 0 Å². The lowest BCUT2D eigenvalue weighted by Crippen LogP contribution is -2.41. The summed E-state index contributed by atoms with van der Waals surface area (Å²) in [5.41, 5.74) is 2.38. The van der Waals surface area contributed by atoms with Crippen LogP contribution in [0.15, 0.2) is 53.5 Å². The summed E-state index contributed by atoms with van der Waals surface area (Å²) in [6.07, 6.45) is -0.516. The number of ether oxygens (including phenoxy) is 1. The molecule has 7 nitrogen and oxygen atoms in total. The number of hydrogen-bond donors (Lipinski definition) is 0. The van der Waals surface area contributed by atoms with Crippen LogP contribution >= 0.6 is 0 Å². The fraction of sp³-hybridized carbons (Fsp3) is 0.222. The van der Waals surface area contributed by atoms with Gasteiger partial charge in [0.25, 0.3) is 11.6 Å². The van der Waals surface area contributed by atoms with Crippen molar-refractivity contribution in [2.24, 2.45) is 4.99 Å². The summed E-state index contributed by atoms with van der Waals surface area (Å²) in [4.78, 5) is 29.2. The molecule has 0 radical (unpaired) electrons. The first kappa shape index (κ1) is 16.8. The normalized spacial score (nSPS) is 15.2. The first-order valence-corrected chi connectivity index (χ1v) is 7.76. The quantitative estimate of drug-likeness (QED) is 0.633. The van der Waals surface area contributed by atoms with Crippen molar-refractivity contribution >= 4 is 23.0 Å². The van der Waals surface area contributed by atoms with Gasteiger partial charge in [0.05, 0.1) is 16.3 Å². The van der Waals surface area contributed by atoms with Gasteiger partial charge in [-0.15, -0.1) is 0 Å². The van der Waals surface area contributed by atoms with Crippen LogP contribution in [-0.2, 0) is 9.53 Å². The SMILES string of the molecule is COC(C)N1C(=O)CN=C(c2ccccc2)c2cc([N+](=O)[O-])ccc21. The first-order chi connectivity index (χ1) is 12.0. The van der Waals surface area contributed by atoms with E-state index in [-0.39, 0.29) is 18.1 Å². The Hall–Kier alpha value is -3.06. The Labute approximate surface area is 144 Å². The molecule has 2 aromatic rings. The Morgan fingerprint density at radius 2 is 1.96 bits per heavy atom. The summed E-state index contributed by atoms with van der Waals surface area (Å²) < 4.78 is 5.31. The number of nitrogens with zero attached hydrogens (tertiary/aromatic N) is 3. The molecule has 0 fully saturated rings. The molecule has 0 aliphatic carbocycles. The second-order valence-corrected chi connectivity index (χ2v) is 5.59. The summed E-state index contributed by atoms with van der Waals surface area (Å²) in [7, 11) is 1.51. The lowest BCUT2D eigenvalue weighted by atomic mass is 9.99. The molecule has 1 atom stereocenters. The van der Waals surface area contributed by atoms with E-state index in [0.717, 1.165) is 5.56 Å². The molecule has 0 N–H and O–H groups in total. The van der Waals surface area contributed by atoms with E-state index >= 15 is 0 Å². The van der Waals surface area contributed by atoms with Gasteiger partial charge in [-0.3, -0.25) is 24.8 Å². The zero-order valence-corrected chi connectivity index (χ0v) is 13.9. The van der Waals surface area contributed by atoms with Crippen molar-refractivity contribution in [2.45, 2.75) is 13.2 Å². The van der Waals surface area contributed by atoms with E-state index in [1.807, 2.05) is 30.3 Å². The monoisotopic (exact) mass is 339 g/mol. The third-order valence-corrected chi connectivity index (χ3v) is 4.10. The van der Waals surface area contributed by atoms with Gasteiger partial charge >= 0.3 is 0 Å². The number of nitro groups is 1. The van der Waals surface area contributed by atoms with Crippen molar-refractivity contribution in [2.75, 3.05) is 18.6 Å². The molecule has 0 bridgehead atoms. The van der Waals surface area contributed by atoms with Gasteiger partial charge in [0, 0.05) is 30.4 Å². The van der Waals surface area contributed by atoms with Gasteiger partial charge in [-0.25, -0.2) is 0 Å². The zero-order chi connectivity index (χ0) is 18.0. The van der Waals surface area contributed by atoms with Gasteiger partial charge < -0.3 is 4.74 Å². The molecule has 25 heavy (non-hydrogen) atoms. The highest BCUT2D eigenvalue weighted by atomic mass is 16.6. The smallest absolute Gasteiger partial charge is 0.270 e. The minimum Gasteiger partial charge on any atom is -0.361 e. The highest BCUT2D eigenvalue weighted by Crippen LogP contribution is 2.31. The van der Waals surface area contributed by atoms with E-state index in [0.29, 0.717) is 17.0 Å². The number of anilines is 1. The average molecular weight is 339 g/mol. The van der Waals surface area contributed by atoms with Crippen molar-refractivity contribution < 1.29 is 14.5 Å². The van der Waals surface area contributed by atoms with E-state index in [4.69, 9.17) is 4.74 Å². The predicted molar refractivity (Wildman–Crippen MR) is 94.0 cm³/mol. The number of methoxy groups -OCH3 is 1. The second kappa shape index (κ2) is 6.82. The summed E-state index contributed by atoms with van der Waals surface area (Å²) in [6.45, 7) is 1.69. The lowest BCUT2D eigenvalue weighted by molar-refractivity contribution is -0.384. The van der Waals surface area contributed by atoms with Crippen LogP contribution in [0.25, 0.3) is 0 Å². The fourth-order valence-electron chi connectivity index (χ4n) is 2.83. The van der Waals surface area contributed by atoms with E-state index < -0.39 is 11.2 Å². The molecule has 3 rings (SSSR count). The summed E-state index contributed by atoms with van der Waals surface area (Å²) in [5, 5.41) is 11.2. The van der Waals surface area contributed by atoms with Crippen molar-refractivity contribution in [3.05, 3.63) is 69.8 Å². The fourth-order valence-corrected chi connectivity index (χ4v) is 2.83. The average Bonchev–Trinajstić information content (AvgIpc) is 2.77. The summed E-state index contributed by atoms with van der Waals surface area (Å²) in [6, 6.07) is 13.7. The molecule has 1 heterocycles. The van der Waals surface area contributed by atoms with E-state index in [2.05, 4.69) is 4.99 Å². The molecule has 0 spiro atoms. The van der Waals surface area contributed by atoms with Gasteiger partial charge in [-0.2, -0.15) is 0 Å². The van der Waals surface area contributed by atoms with Gasteiger partial charge in [0.2, 0.25) is 0 Å². The topological polar surface area (TPSA) is 85.0 Å². The van der Waals surface area contributed by atoms with Crippen LogP contribution in [0.2, 0.25) is 0 Å². The molecule has 7 heteroatoms. The van der Waals surface area contributed by atoms with Crippen molar-refractivity contribution in [1.82, 2.24) is 0 Å². The number of aliphatic imine (C=N–C) groups is 1. The highest BCUT2D eigenvalue weighted by Gasteiger charge is 2.30. The van der Waals surface area contributed by atoms with Crippen molar-refractivity contribution in [1.29, 1.82) is 0 Å². The highest BCUT2D eigenvalue weighted by molar-refractivity contribution is 6.19. The minimum atomic E-state index is -0.516. The summed E-state index contributed by atoms with van der Waals surface area (Å²) >= 11 is 0. The number of fused-ring (bicyclic) bond motifs is 1. The molecule has 1 aliphatic rings. The van der Waals surface area contributed by atoms with Crippen molar-refractivity contribution in [3.8, 4) is 0 Å². The number of amides is 1. The molecule has 0 saturated heterocycles. The van der Waals surface area contributed by atoms with E-state index in [1.165, 1.54) is 24.1 Å². The maximum absolute atomic E-state index is 12.6. The number of rotatable bonds is 4. The minimum absolute atomic E-state index is 0.0539. The van der Waals surface area contributed by atoms with Gasteiger partial charge in [-0.1, -0.05) is 30.3 Å². The largest absolute Gasteiger partial charge is 0.361 e. The van der Waals surface area contributed by atoms with Gasteiger partial charge in [0.1, 0.15) is 12.8 Å². The number of non-ortho nitro benzene ring substituents is 1. The Morgan fingerprint density at radius 1 is 1.24 bits per heavy atom. The van der Waals surface area contributed by atoms with Crippen LogP contribution in [0, 0.1) is 10.1 Å². The number of benzene rings is 2. The molecular weight excluding hydrogens is 322 g/mol. The van der Waals surface area contributed by atoms with E-state index in [9.17, 15) is 14.9 Å². The number of carbonyl (C=O) groups excluding carboxylic acids is 1. The number of carbonyl (C=O) groups is 1. The molecule has 1 amide bonds. The predicted octanol–water partition coefficient (Wildman–Crippen LogP) is 2.77. The molecule has 2 aromatic carbocycles. The molecule has 0 saturated carbocycles. The maximum Gasteiger partial charge on any atom is 0.270 e. The zero-order valence-electron chi connectivity index (χ0n) is 13.9. The van der Waals surface area contributed by atoms with Crippen LogP contribution in [0.5, 0.6) is 0 Å². The van der Waals surface area contributed by atoms with E-state index in [1.54, 1.807) is 13.0 Å². The maximum atomic E-state index is 12.6. The lowest BCUT2D eigenvalue weighted by Gasteiger charge is -2.28. The molecule has 0 aromatic heterocycles. The molecular formula is C18H17N3O4. The number of hydrogen-bond acceptors (Lipinski definition) is 5. The molecule has 128 valence electrons. The Bertz CT molecular complexity index is 849. The Kier molecular flexibility index (Phi) is 4.58. The van der Waals surface area contributed by atoms with Crippen LogP contribution in [-0.4, -0.2) is 36.4 Å². The van der Waals surface area contributed by atoms with Crippen LogP contribution in [0.3, 0.4) is 0 Å². The van der Waals surface area contributed by atoms with Crippen LogP contribution < -0.4 is 4.90 Å². The van der Waals surface area contributed by atoms with Crippen molar-refractivity contribution in [3.63, 3.8) is 0 Å². The van der Waals surface area contributed by atoms with Gasteiger partial charge in [-0.05, 0) is 13.0 Å². The third-order valence-electron chi connectivity index (χ3n) is 4.10. The van der Waals surface area contributed by atoms with Crippen LogP contribution in [0.4, 0.5) is 11.4 Å². The Morgan fingerprint density at radius 3 is 2.60 bits per heavy atom. The van der Waals surface area contributed by atoms with Crippen LogP contribution in [0.1, 0.15) is 18.1 Å². The standard InChI is InChI=1S/C18H17N3O4/c1-12(25-2)20-16-9-8-14(21(23)24)10-15(16)18(19-11-17(20)22)13-6-4-3-5-7-13/h3-10,12H,11H2,1-2H3. The number of nitro benzene ring substituents is 1. The number of benzodiazepines with no additional fused rings is 1. The molecule has 1 unspecified atom stereocenters. The first-order valence-electron chi connectivity index (χ1n) is 7.76. The second-order valence-electron chi connectivity index (χ2n) is 5.59. The Balaban J connectivity index is 2.24. The molecule has 1 aliphatic heterocycles. The third kappa shape index (κ3) is 3.14. The summed E-state index contributed by atoms with van der Waals surface area (Å²) in [5.74, 6) is -0.226.